The topological polar surface area (TPSA) is 178 Å². The number of benzene rings is 4. The van der Waals surface area contributed by atoms with Gasteiger partial charge >= 0.3 is 17.9 Å². The van der Waals surface area contributed by atoms with Crippen molar-refractivity contribution in [3.05, 3.63) is 117 Å². The lowest BCUT2D eigenvalue weighted by Gasteiger charge is -2.36. The maximum absolute atomic E-state index is 12.7. The zero-order valence-corrected chi connectivity index (χ0v) is 28.0. The van der Waals surface area contributed by atoms with E-state index in [0.717, 1.165) is 11.1 Å². The third-order valence-corrected chi connectivity index (χ3v) is 7.74. The molecule has 1 amide bonds. The first-order valence-electron chi connectivity index (χ1n) is 15.8. The number of nitriles is 2. The van der Waals surface area contributed by atoms with Crippen LogP contribution in [-0.2, 0) is 9.47 Å². The first-order valence-corrected chi connectivity index (χ1v) is 15.8. The maximum atomic E-state index is 12.7. The fourth-order valence-electron chi connectivity index (χ4n) is 5.29. The number of aromatic carboxylic acids is 1. The summed E-state index contributed by atoms with van der Waals surface area (Å²) in [6.07, 6.45) is -0.510. The van der Waals surface area contributed by atoms with Gasteiger partial charge in [-0.05, 0) is 110 Å². The molecule has 0 spiro atoms. The van der Waals surface area contributed by atoms with E-state index in [1.54, 1.807) is 50.2 Å². The number of ether oxygens (including phenoxy) is 2. The molecule has 50 heavy (non-hydrogen) atoms. The van der Waals surface area contributed by atoms with E-state index in [0.29, 0.717) is 38.9 Å². The van der Waals surface area contributed by atoms with Gasteiger partial charge in [-0.1, -0.05) is 24.3 Å². The molecule has 1 saturated heterocycles. The van der Waals surface area contributed by atoms with Crippen molar-refractivity contribution in [2.75, 3.05) is 26.3 Å². The summed E-state index contributed by atoms with van der Waals surface area (Å²) < 4.78 is 10.0. The number of carboxylic acids is 1. The first-order chi connectivity index (χ1) is 23.9. The molecule has 11 heteroatoms. The van der Waals surface area contributed by atoms with Crippen molar-refractivity contribution >= 4 is 23.8 Å². The summed E-state index contributed by atoms with van der Waals surface area (Å²) in [4.78, 5) is 49.7. The lowest BCUT2D eigenvalue weighted by Crippen LogP contribution is -2.53. The minimum Gasteiger partial charge on any atom is -0.478 e. The fourth-order valence-corrected chi connectivity index (χ4v) is 5.29. The van der Waals surface area contributed by atoms with Gasteiger partial charge in [0.1, 0.15) is 0 Å². The number of hydrogen-bond acceptors (Lipinski definition) is 9. The minimum absolute atomic E-state index is 0.0324. The standard InChI is InChI=1S/C21H20N2O4.C18H15NO4/c1-3-27-21(26)16-8-14(19-5-4-13(2)6-17(19)10-22)7-15(9-16)20(25)23-11-18(24)12-23;1-3-23-18(22)14-8-12(7-13(9-14)17(20)21)16-5-4-11(2)6-15(16)10-19/h4-9,18,24H,3,11-12H2,1-2H3;4-9H,3H2,1-2H3,(H,20,21). The highest BCUT2D eigenvalue weighted by molar-refractivity contribution is 6.00. The van der Waals surface area contributed by atoms with E-state index in [9.17, 15) is 39.9 Å². The monoisotopic (exact) mass is 673 g/mol. The zero-order valence-electron chi connectivity index (χ0n) is 28.0. The predicted molar refractivity (Wildman–Crippen MR) is 183 cm³/mol. The Bertz CT molecular complexity index is 2050. The largest absolute Gasteiger partial charge is 0.478 e. The summed E-state index contributed by atoms with van der Waals surface area (Å²) in [5, 5.41) is 37.4. The van der Waals surface area contributed by atoms with Crippen LogP contribution in [0.2, 0.25) is 0 Å². The molecule has 1 heterocycles. The minimum atomic E-state index is -1.15. The smallest absolute Gasteiger partial charge is 0.338 e. The highest BCUT2D eigenvalue weighted by atomic mass is 16.5. The molecule has 0 aliphatic carbocycles. The van der Waals surface area contributed by atoms with Crippen molar-refractivity contribution in [3.8, 4) is 34.4 Å². The maximum Gasteiger partial charge on any atom is 0.338 e. The van der Waals surface area contributed by atoms with Crippen molar-refractivity contribution in [1.29, 1.82) is 10.5 Å². The highest BCUT2D eigenvalue weighted by Gasteiger charge is 2.30. The third kappa shape index (κ3) is 8.58. The van der Waals surface area contributed by atoms with Gasteiger partial charge in [0.15, 0.2) is 0 Å². The number of hydrogen-bond donors (Lipinski definition) is 2. The second-order valence-corrected chi connectivity index (χ2v) is 11.5. The number of likely N-dealkylation sites (tertiary alicyclic amines) is 1. The molecule has 0 bridgehead atoms. The summed E-state index contributed by atoms with van der Waals surface area (Å²) >= 11 is 0. The lowest BCUT2D eigenvalue weighted by atomic mass is 9.94. The summed E-state index contributed by atoms with van der Waals surface area (Å²) in [5.41, 5.74) is 5.75. The molecule has 1 aliphatic heterocycles. The molecule has 1 fully saturated rings. The van der Waals surface area contributed by atoms with Crippen molar-refractivity contribution in [2.24, 2.45) is 0 Å². The van der Waals surface area contributed by atoms with E-state index in [-0.39, 0.29) is 48.9 Å². The van der Waals surface area contributed by atoms with Crippen LogP contribution in [0.15, 0.2) is 72.8 Å². The number of rotatable bonds is 8. The van der Waals surface area contributed by atoms with E-state index >= 15 is 0 Å². The van der Waals surface area contributed by atoms with Crippen LogP contribution in [0.25, 0.3) is 22.3 Å². The molecule has 4 aromatic carbocycles. The first kappa shape index (κ1) is 36.5. The van der Waals surface area contributed by atoms with Crippen LogP contribution >= 0.6 is 0 Å². The van der Waals surface area contributed by atoms with Crippen LogP contribution < -0.4 is 0 Å². The number of amides is 1. The molecule has 0 atom stereocenters. The quantitative estimate of drug-likeness (QED) is 0.213. The Morgan fingerprint density at radius 1 is 0.700 bits per heavy atom. The number of esters is 2. The summed E-state index contributed by atoms with van der Waals surface area (Å²) in [7, 11) is 0. The van der Waals surface area contributed by atoms with E-state index in [1.807, 2.05) is 26.0 Å². The molecule has 1 aliphatic rings. The molecule has 5 rings (SSSR count). The van der Waals surface area contributed by atoms with Crippen LogP contribution in [0.4, 0.5) is 0 Å². The number of aryl methyl sites for hydroxylation is 2. The summed E-state index contributed by atoms with van der Waals surface area (Å²) in [5.74, 6) is -2.54. The number of aliphatic hydroxyl groups is 1. The normalized spacial score (nSPS) is 11.9. The zero-order chi connectivity index (χ0) is 36.5. The van der Waals surface area contributed by atoms with Gasteiger partial charge in [-0.2, -0.15) is 10.5 Å². The van der Waals surface area contributed by atoms with Gasteiger partial charge in [0.25, 0.3) is 5.91 Å². The summed E-state index contributed by atoms with van der Waals surface area (Å²) in [6, 6.07) is 24.0. The van der Waals surface area contributed by atoms with Crippen LogP contribution in [0.3, 0.4) is 0 Å². The molecule has 0 saturated carbocycles. The van der Waals surface area contributed by atoms with Crippen LogP contribution in [0.5, 0.6) is 0 Å². The number of carboxylic acid groups (broad SMARTS) is 1. The van der Waals surface area contributed by atoms with Crippen LogP contribution in [0.1, 0.15) is 77.5 Å². The SMILES string of the molecule is CCOC(=O)c1cc(C(=O)N2CC(O)C2)cc(-c2ccc(C)cc2C#N)c1.CCOC(=O)c1cc(C(=O)O)cc(-c2ccc(C)cc2C#N)c1. The predicted octanol–water partition coefficient (Wildman–Crippen LogP) is 5.94. The second kappa shape index (κ2) is 16.2. The van der Waals surface area contributed by atoms with E-state index in [4.69, 9.17) is 9.47 Å². The van der Waals surface area contributed by atoms with Crippen LogP contribution in [0, 0.1) is 36.5 Å². The van der Waals surface area contributed by atoms with E-state index in [2.05, 4.69) is 12.1 Å². The van der Waals surface area contributed by atoms with Gasteiger partial charge in [0.05, 0.1) is 59.3 Å². The van der Waals surface area contributed by atoms with Gasteiger partial charge in [-0.15, -0.1) is 0 Å². The molecule has 254 valence electrons. The Kier molecular flexibility index (Phi) is 11.8. The van der Waals surface area contributed by atoms with Crippen molar-refractivity contribution in [2.45, 2.75) is 33.8 Å². The molecule has 2 N–H and O–H groups in total. The average Bonchev–Trinajstić information content (AvgIpc) is 3.09. The third-order valence-electron chi connectivity index (χ3n) is 7.74. The number of β-amino-alcohol motifs (C(OH)–C–C–N with tert-alkyl or cyclic N) is 1. The highest BCUT2D eigenvalue weighted by Crippen LogP contribution is 2.29. The molecular formula is C39H35N3O8. The Labute approximate surface area is 289 Å². The Morgan fingerprint density at radius 2 is 1.12 bits per heavy atom. The Balaban J connectivity index is 0.000000228. The number of carbonyl (C=O) groups is 4. The van der Waals surface area contributed by atoms with Crippen molar-refractivity contribution < 1.29 is 38.9 Å². The number of nitrogens with zero attached hydrogens (tertiary/aromatic N) is 3. The molecule has 0 radical (unpaired) electrons. The Hall–Kier alpha value is -6.30. The second-order valence-electron chi connectivity index (χ2n) is 11.5. The van der Waals surface area contributed by atoms with Gasteiger partial charge in [-0.3, -0.25) is 4.79 Å². The van der Waals surface area contributed by atoms with Gasteiger partial charge in [-0.25, -0.2) is 14.4 Å². The molecule has 4 aromatic rings. The molecule has 0 aromatic heterocycles. The molecular weight excluding hydrogens is 638 g/mol. The lowest BCUT2D eigenvalue weighted by molar-refractivity contribution is 0.00589. The molecule has 11 nitrogen and oxygen atoms in total. The van der Waals surface area contributed by atoms with Crippen LogP contribution in [-0.4, -0.2) is 71.3 Å². The number of aliphatic hydroxyl groups excluding tert-OH is 1. The van der Waals surface area contributed by atoms with Crippen molar-refractivity contribution in [3.63, 3.8) is 0 Å². The van der Waals surface area contributed by atoms with Gasteiger partial charge in [0.2, 0.25) is 0 Å². The fraction of sp³-hybridized carbons (Fsp3) is 0.231. The average molecular weight is 674 g/mol. The van der Waals surface area contributed by atoms with Gasteiger partial charge in [0, 0.05) is 18.7 Å². The van der Waals surface area contributed by atoms with Gasteiger partial charge < -0.3 is 24.6 Å². The molecule has 0 unspecified atom stereocenters. The van der Waals surface area contributed by atoms with Crippen molar-refractivity contribution in [1.82, 2.24) is 4.90 Å². The number of carbonyl (C=O) groups excluding carboxylic acids is 3. The van der Waals surface area contributed by atoms with E-state index < -0.39 is 24.0 Å². The van der Waals surface area contributed by atoms with E-state index in [1.165, 1.54) is 29.2 Å². The Morgan fingerprint density at radius 3 is 1.52 bits per heavy atom. The summed E-state index contributed by atoms with van der Waals surface area (Å²) in [6.45, 7) is 8.10.